The second-order valence-corrected chi connectivity index (χ2v) is 9.75. The molecule has 0 spiro atoms. The van der Waals surface area contributed by atoms with Crippen LogP contribution in [-0.2, 0) is 9.84 Å². The van der Waals surface area contributed by atoms with Crippen molar-refractivity contribution in [3.05, 3.63) is 52.3 Å². The summed E-state index contributed by atoms with van der Waals surface area (Å²) in [7, 11) is -3.06. The third-order valence-electron chi connectivity index (χ3n) is 4.87. The lowest BCUT2D eigenvalue weighted by Gasteiger charge is -2.14. The normalized spacial score (nSPS) is 18.5. The van der Waals surface area contributed by atoms with E-state index in [0.717, 1.165) is 10.9 Å². The van der Waals surface area contributed by atoms with E-state index >= 15 is 0 Å². The number of aryl methyl sites for hydroxylation is 2. The number of amides is 1. The molecule has 0 saturated carbocycles. The zero-order valence-corrected chi connectivity index (χ0v) is 17.0. The minimum Gasteiger partial charge on any atom is -0.307 e. The van der Waals surface area contributed by atoms with E-state index in [1.165, 1.54) is 0 Å². The number of aromatic nitrogens is 3. The Morgan fingerprint density at radius 1 is 1.25 bits per heavy atom. The van der Waals surface area contributed by atoms with E-state index in [0.29, 0.717) is 34.2 Å². The lowest BCUT2D eigenvalue weighted by Crippen LogP contribution is -2.20. The van der Waals surface area contributed by atoms with E-state index in [9.17, 15) is 13.2 Å². The van der Waals surface area contributed by atoms with Gasteiger partial charge in [-0.1, -0.05) is 11.6 Å². The number of hydrogen-bond donors (Lipinski definition) is 1. The maximum absolute atomic E-state index is 12.9. The smallest absolute Gasteiger partial charge is 0.258 e. The highest BCUT2D eigenvalue weighted by molar-refractivity contribution is 7.91. The molecule has 4 rings (SSSR count). The van der Waals surface area contributed by atoms with Crippen LogP contribution in [-0.4, -0.2) is 40.6 Å². The summed E-state index contributed by atoms with van der Waals surface area (Å²) < 4.78 is 25.3. The average Bonchev–Trinajstić information content (AvgIpc) is 3.16. The number of halogens is 1. The van der Waals surface area contributed by atoms with Crippen LogP contribution in [0.25, 0.3) is 10.9 Å². The van der Waals surface area contributed by atoms with Gasteiger partial charge in [0.15, 0.2) is 9.84 Å². The number of anilines is 1. The number of carbonyl (C=O) groups is 1. The Balaban J connectivity index is 1.66. The Morgan fingerprint density at radius 3 is 2.75 bits per heavy atom. The van der Waals surface area contributed by atoms with Crippen LogP contribution in [0.3, 0.4) is 0 Å². The molecule has 3 aromatic rings. The van der Waals surface area contributed by atoms with Crippen molar-refractivity contribution in [3.8, 4) is 0 Å². The number of hydrogen-bond acceptors (Lipinski definition) is 5. The van der Waals surface area contributed by atoms with Crippen LogP contribution in [0.1, 0.15) is 34.2 Å². The Labute approximate surface area is 167 Å². The maximum Gasteiger partial charge on any atom is 0.258 e. The molecular formula is C19H19ClN4O3S. The molecule has 1 N–H and O–H groups in total. The molecule has 1 saturated heterocycles. The average molecular weight is 419 g/mol. The SMILES string of the molecule is Cc1cc(NC(=O)c2cc3cc(Cl)ccc3nc2C)n(C2CCS(=O)(=O)C2)n1. The van der Waals surface area contributed by atoms with Crippen molar-refractivity contribution >= 4 is 44.1 Å². The summed E-state index contributed by atoms with van der Waals surface area (Å²) in [5.41, 5.74) is 2.49. The number of pyridine rings is 1. The highest BCUT2D eigenvalue weighted by atomic mass is 35.5. The number of nitrogens with zero attached hydrogens (tertiary/aromatic N) is 3. The molecule has 1 unspecified atom stereocenters. The summed E-state index contributed by atoms with van der Waals surface area (Å²) in [6, 6.07) is 8.55. The van der Waals surface area contributed by atoms with Gasteiger partial charge in [0.25, 0.3) is 5.91 Å². The first kappa shape index (κ1) is 18.9. The van der Waals surface area contributed by atoms with Crippen LogP contribution in [0, 0.1) is 13.8 Å². The molecular weight excluding hydrogens is 400 g/mol. The maximum atomic E-state index is 12.9. The molecule has 28 heavy (non-hydrogen) atoms. The van der Waals surface area contributed by atoms with Gasteiger partial charge >= 0.3 is 0 Å². The van der Waals surface area contributed by atoms with Crippen molar-refractivity contribution in [1.29, 1.82) is 0 Å². The highest BCUT2D eigenvalue weighted by Gasteiger charge is 2.31. The van der Waals surface area contributed by atoms with E-state index in [-0.39, 0.29) is 23.5 Å². The molecule has 3 heterocycles. The third kappa shape index (κ3) is 3.62. The minimum absolute atomic E-state index is 0.0338. The zero-order valence-electron chi connectivity index (χ0n) is 15.4. The van der Waals surface area contributed by atoms with E-state index in [4.69, 9.17) is 11.6 Å². The van der Waals surface area contributed by atoms with Crippen molar-refractivity contribution in [2.24, 2.45) is 0 Å². The van der Waals surface area contributed by atoms with Crippen molar-refractivity contribution in [1.82, 2.24) is 14.8 Å². The first-order valence-electron chi connectivity index (χ1n) is 8.87. The van der Waals surface area contributed by atoms with Gasteiger partial charge < -0.3 is 5.32 Å². The van der Waals surface area contributed by atoms with E-state index < -0.39 is 9.84 Å². The molecule has 2 aromatic heterocycles. The fourth-order valence-corrected chi connectivity index (χ4v) is 5.39. The predicted octanol–water partition coefficient (Wildman–Crippen LogP) is 3.31. The predicted molar refractivity (Wildman–Crippen MR) is 109 cm³/mol. The minimum atomic E-state index is -3.06. The first-order chi connectivity index (χ1) is 13.2. The van der Waals surface area contributed by atoms with E-state index in [1.807, 2.05) is 6.07 Å². The Morgan fingerprint density at radius 2 is 2.04 bits per heavy atom. The lowest BCUT2D eigenvalue weighted by molar-refractivity contribution is 0.102. The van der Waals surface area contributed by atoms with Gasteiger partial charge in [-0.2, -0.15) is 5.10 Å². The molecule has 7 nitrogen and oxygen atoms in total. The summed E-state index contributed by atoms with van der Waals surface area (Å²) in [5, 5.41) is 8.60. The molecule has 1 aliphatic rings. The Kier molecular flexibility index (Phi) is 4.63. The van der Waals surface area contributed by atoms with Gasteiger partial charge in [-0.15, -0.1) is 0 Å². The number of benzene rings is 1. The van der Waals surface area contributed by atoms with E-state index in [1.54, 1.807) is 42.8 Å². The molecule has 0 radical (unpaired) electrons. The second kappa shape index (κ2) is 6.86. The van der Waals surface area contributed by atoms with Gasteiger partial charge in [0, 0.05) is 16.5 Å². The number of fused-ring (bicyclic) bond motifs is 1. The van der Waals surface area contributed by atoms with Gasteiger partial charge in [-0.3, -0.25) is 9.78 Å². The second-order valence-electron chi connectivity index (χ2n) is 7.08. The summed E-state index contributed by atoms with van der Waals surface area (Å²) in [6.45, 7) is 3.58. The van der Waals surface area contributed by atoms with Crippen LogP contribution >= 0.6 is 11.6 Å². The summed E-state index contributed by atoms with van der Waals surface area (Å²) in [4.78, 5) is 17.4. The summed E-state index contributed by atoms with van der Waals surface area (Å²) >= 11 is 6.05. The highest BCUT2D eigenvalue weighted by Crippen LogP contribution is 2.28. The van der Waals surface area contributed by atoms with Crippen molar-refractivity contribution in [3.63, 3.8) is 0 Å². The Hall–Kier alpha value is -2.45. The lowest BCUT2D eigenvalue weighted by atomic mass is 10.1. The van der Waals surface area contributed by atoms with Crippen LogP contribution < -0.4 is 5.32 Å². The van der Waals surface area contributed by atoms with Crippen LogP contribution in [0.4, 0.5) is 5.82 Å². The molecule has 146 valence electrons. The molecule has 0 aliphatic carbocycles. The van der Waals surface area contributed by atoms with Crippen molar-refractivity contribution in [2.75, 3.05) is 16.8 Å². The Bertz CT molecular complexity index is 1200. The number of sulfone groups is 1. The summed E-state index contributed by atoms with van der Waals surface area (Å²) in [5.74, 6) is 0.328. The van der Waals surface area contributed by atoms with Crippen molar-refractivity contribution < 1.29 is 13.2 Å². The standard InChI is InChI=1S/C19H19ClN4O3S/c1-11-7-18(24(23-11)15-5-6-28(26,27)10-15)22-19(25)16-9-13-8-14(20)3-4-17(13)21-12(16)2/h3-4,7-9,15H,5-6,10H2,1-2H3,(H,22,25). The van der Waals surface area contributed by atoms with E-state index in [2.05, 4.69) is 15.4 Å². The topological polar surface area (TPSA) is 94.0 Å². The fraction of sp³-hybridized carbons (Fsp3) is 0.316. The largest absolute Gasteiger partial charge is 0.307 e. The molecule has 1 aliphatic heterocycles. The monoisotopic (exact) mass is 418 g/mol. The summed E-state index contributed by atoms with van der Waals surface area (Å²) in [6.07, 6.45) is 0.487. The van der Waals surface area contributed by atoms with Crippen LogP contribution in [0.2, 0.25) is 5.02 Å². The molecule has 0 bridgehead atoms. The number of carbonyl (C=O) groups excluding carboxylic acids is 1. The van der Waals surface area contributed by atoms with Crippen molar-refractivity contribution in [2.45, 2.75) is 26.3 Å². The first-order valence-corrected chi connectivity index (χ1v) is 11.1. The molecule has 1 fully saturated rings. The quantitative estimate of drug-likeness (QED) is 0.704. The van der Waals surface area contributed by atoms with Gasteiger partial charge in [0.2, 0.25) is 0 Å². The van der Waals surface area contributed by atoms with Crippen LogP contribution in [0.5, 0.6) is 0 Å². The fourth-order valence-electron chi connectivity index (χ4n) is 3.51. The van der Waals surface area contributed by atoms with Gasteiger partial charge in [-0.05, 0) is 44.5 Å². The van der Waals surface area contributed by atoms with Gasteiger partial charge in [-0.25, -0.2) is 13.1 Å². The number of rotatable bonds is 3. The molecule has 1 amide bonds. The molecule has 9 heteroatoms. The van der Waals surface area contributed by atoms with Gasteiger partial charge in [0.05, 0.1) is 40.0 Å². The third-order valence-corrected chi connectivity index (χ3v) is 6.85. The molecule has 1 aromatic carbocycles. The zero-order chi connectivity index (χ0) is 20.1. The van der Waals surface area contributed by atoms with Gasteiger partial charge in [0.1, 0.15) is 5.82 Å². The molecule has 1 atom stereocenters. The number of nitrogens with one attached hydrogen (secondary N) is 1. The van der Waals surface area contributed by atoms with Crippen LogP contribution in [0.15, 0.2) is 30.3 Å².